The second-order valence-corrected chi connectivity index (χ2v) is 10.1. The van der Waals surface area contributed by atoms with Crippen LogP contribution in [0.1, 0.15) is 72.1 Å². The van der Waals surface area contributed by atoms with Gasteiger partial charge in [-0.1, -0.05) is 31.7 Å². The molecule has 3 aliphatic heterocycles. The van der Waals surface area contributed by atoms with Crippen LogP contribution in [0.2, 0.25) is 0 Å². The summed E-state index contributed by atoms with van der Waals surface area (Å²) in [5.41, 5.74) is 1.90. The molecule has 4 amide bonds. The molecular formula is C26H34N4O4. The summed E-state index contributed by atoms with van der Waals surface area (Å²) in [4.78, 5) is 58.0. The first-order valence-corrected chi connectivity index (χ1v) is 12.8. The number of benzene rings is 1. The highest BCUT2D eigenvalue weighted by Gasteiger charge is 2.42. The fourth-order valence-corrected chi connectivity index (χ4v) is 6.07. The predicted molar refractivity (Wildman–Crippen MR) is 128 cm³/mol. The summed E-state index contributed by atoms with van der Waals surface area (Å²) in [6.45, 7) is 3.75. The zero-order valence-corrected chi connectivity index (χ0v) is 19.8. The molecule has 34 heavy (non-hydrogen) atoms. The van der Waals surface area contributed by atoms with Crippen molar-refractivity contribution in [2.24, 2.45) is 5.92 Å². The first-order chi connectivity index (χ1) is 16.6. The molecule has 8 heteroatoms. The van der Waals surface area contributed by atoms with E-state index in [9.17, 15) is 19.2 Å². The maximum absolute atomic E-state index is 13.5. The molecule has 1 aromatic carbocycles. The Morgan fingerprint density at radius 2 is 1.50 bits per heavy atom. The third kappa shape index (κ3) is 4.18. The third-order valence-corrected chi connectivity index (χ3v) is 8.07. The number of hydrogen-bond acceptors (Lipinski definition) is 5. The minimum absolute atomic E-state index is 0.00536. The molecule has 1 saturated carbocycles. The Morgan fingerprint density at radius 1 is 0.824 bits per heavy atom. The summed E-state index contributed by atoms with van der Waals surface area (Å²) < 4.78 is 0. The molecular weight excluding hydrogens is 432 g/mol. The first kappa shape index (κ1) is 22.9. The molecule has 1 aromatic rings. The van der Waals surface area contributed by atoms with E-state index in [0.29, 0.717) is 50.4 Å². The third-order valence-electron chi connectivity index (χ3n) is 8.07. The summed E-state index contributed by atoms with van der Waals surface area (Å²) >= 11 is 0. The van der Waals surface area contributed by atoms with Gasteiger partial charge in [0.2, 0.25) is 12.3 Å². The minimum Gasteiger partial charge on any atom is -0.371 e. The smallest absolute Gasteiger partial charge is 0.263 e. The van der Waals surface area contributed by atoms with Crippen molar-refractivity contribution in [1.82, 2.24) is 14.7 Å². The second-order valence-electron chi connectivity index (χ2n) is 10.1. The van der Waals surface area contributed by atoms with Gasteiger partial charge in [0.15, 0.2) is 0 Å². The van der Waals surface area contributed by atoms with Crippen molar-refractivity contribution in [2.75, 3.05) is 44.2 Å². The standard InChI is InChI=1S/C26H34N4O4/c31-18-27-14-16-29(17-15-27)24(32)19-10-12-28(13-11-19)22-9-5-8-21-23(22)26(34)30(25(21)33)20-6-3-1-2-4-7-20/h5,8-9,18-20H,1-4,6-7,10-17H2. The van der Waals surface area contributed by atoms with Crippen LogP contribution < -0.4 is 4.90 Å². The van der Waals surface area contributed by atoms with Gasteiger partial charge in [-0.05, 0) is 37.8 Å². The molecule has 0 bridgehead atoms. The van der Waals surface area contributed by atoms with Crippen LogP contribution in [0.15, 0.2) is 18.2 Å². The van der Waals surface area contributed by atoms with Crippen LogP contribution in [0, 0.1) is 5.92 Å². The van der Waals surface area contributed by atoms with Crippen molar-refractivity contribution in [3.05, 3.63) is 29.3 Å². The highest BCUT2D eigenvalue weighted by molar-refractivity contribution is 6.24. The largest absolute Gasteiger partial charge is 0.371 e. The number of amides is 4. The molecule has 0 radical (unpaired) electrons. The molecule has 1 aliphatic carbocycles. The molecule has 0 unspecified atom stereocenters. The lowest BCUT2D eigenvalue weighted by Crippen LogP contribution is -2.51. The molecule has 5 rings (SSSR count). The topological polar surface area (TPSA) is 81.2 Å². The lowest BCUT2D eigenvalue weighted by atomic mass is 9.93. The maximum atomic E-state index is 13.5. The second kappa shape index (κ2) is 9.76. The Balaban J connectivity index is 1.26. The van der Waals surface area contributed by atoms with Crippen molar-refractivity contribution in [1.29, 1.82) is 0 Å². The SMILES string of the molecule is O=CN1CCN(C(=O)C2CCN(c3cccc4c3C(=O)N(C3CCCCCC3)C4=O)CC2)CC1. The zero-order valence-electron chi connectivity index (χ0n) is 19.8. The van der Waals surface area contributed by atoms with Gasteiger partial charge in [0.25, 0.3) is 11.8 Å². The first-order valence-electron chi connectivity index (χ1n) is 12.8. The Bertz CT molecular complexity index is 956. The van der Waals surface area contributed by atoms with Gasteiger partial charge in [-0.25, -0.2) is 0 Å². The van der Waals surface area contributed by atoms with E-state index in [1.807, 2.05) is 17.0 Å². The monoisotopic (exact) mass is 466 g/mol. The van der Waals surface area contributed by atoms with E-state index in [1.54, 1.807) is 11.0 Å². The number of carbonyl (C=O) groups is 4. The number of piperazine rings is 1. The lowest BCUT2D eigenvalue weighted by molar-refractivity contribution is -0.139. The van der Waals surface area contributed by atoms with Crippen LogP contribution in [-0.2, 0) is 9.59 Å². The normalized spacial score (nSPS) is 22.7. The van der Waals surface area contributed by atoms with Crippen LogP contribution >= 0.6 is 0 Å². The minimum atomic E-state index is -0.145. The van der Waals surface area contributed by atoms with Gasteiger partial charge < -0.3 is 14.7 Å². The van der Waals surface area contributed by atoms with Gasteiger partial charge in [0, 0.05) is 51.2 Å². The number of rotatable bonds is 4. The van der Waals surface area contributed by atoms with Crippen molar-refractivity contribution < 1.29 is 19.2 Å². The van der Waals surface area contributed by atoms with Gasteiger partial charge in [-0.15, -0.1) is 0 Å². The van der Waals surface area contributed by atoms with E-state index in [4.69, 9.17) is 0 Å². The molecule has 182 valence electrons. The molecule has 2 saturated heterocycles. The van der Waals surface area contributed by atoms with Gasteiger partial charge in [0.1, 0.15) is 0 Å². The summed E-state index contributed by atoms with van der Waals surface area (Å²) in [6.07, 6.45) is 8.58. The van der Waals surface area contributed by atoms with E-state index >= 15 is 0 Å². The quantitative estimate of drug-likeness (QED) is 0.387. The van der Waals surface area contributed by atoms with Crippen LogP contribution in [0.3, 0.4) is 0 Å². The summed E-state index contributed by atoms with van der Waals surface area (Å²) in [6, 6.07) is 5.61. The fourth-order valence-electron chi connectivity index (χ4n) is 6.07. The molecule has 3 fully saturated rings. The summed E-state index contributed by atoms with van der Waals surface area (Å²) in [5.74, 6) is -0.146. The fraction of sp³-hybridized carbons (Fsp3) is 0.615. The van der Waals surface area contributed by atoms with Gasteiger partial charge in [-0.2, -0.15) is 0 Å². The van der Waals surface area contributed by atoms with Gasteiger partial charge >= 0.3 is 0 Å². The number of piperidine rings is 1. The highest BCUT2D eigenvalue weighted by Crippen LogP contribution is 2.37. The van der Waals surface area contributed by atoms with E-state index in [2.05, 4.69) is 4.90 Å². The summed E-state index contributed by atoms with van der Waals surface area (Å²) in [5, 5.41) is 0. The highest BCUT2D eigenvalue weighted by atomic mass is 16.2. The van der Waals surface area contributed by atoms with Crippen LogP contribution in [0.25, 0.3) is 0 Å². The van der Waals surface area contributed by atoms with E-state index in [0.717, 1.165) is 50.6 Å². The number of hydrogen-bond donors (Lipinski definition) is 0. The predicted octanol–water partition coefficient (Wildman–Crippen LogP) is 2.52. The number of anilines is 1. The van der Waals surface area contributed by atoms with Gasteiger partial charge in [-0.3, -0.25) is 24.1 Å². The van der Waals surface area contributed by atoms with Crippen molar-refractivity contribution in [2.45, 2.75) is 57.4 Å². The zero-order chi connectivity index (χ0) is 23.7. The molecule has 8 nitrogen and oxygen atoms in total. The Morgan fingerprint density at radius 3 is 2.15 bits per heavy atom. The molecule has 4 aliphatic rings. The molecule has 0 aromatic heterocycles. The Kier molecular flexibility index (Phi) is 6.57. The van der Waals surface area contributed by atoms with Crippen molar-refractivity contribution in [3.63, 3.8) is 0 Å². The van der Waals surface area contributed by atoms with Crippen molar-refractivity contribution >= 4 is 29.8 Å². The average molecular weight is 467 g/mol. The van der Waals surface area contributed by atoms with Crippen molar-refractivity contribution in [3.8, 4) is 0 Å². The number of nitrogens with zero attached hydrogens (tertiary/aromatic N) is 4. The molecule has 0 atom stereocenters. The number of fused-ring (bicyclic) bond motifs is 1. The van der Waals surface area contributed by atoms with Crippen LogP contribution in [0.5, 0.6) is 0 Å². The average Bonchev–Trinajstić information content (AvgIpc) is 3.04. The van der Waals surface area contributed by atoms with Crippen LogP contribution in [-0.4, -0.2) is 84.1 Å². The van der Waals surface area contributed by atoms with E-state index in [1.165, 1.54) is 17.7 Å². The molecule has 3 heterocycles. The van der Waals surface area contributed by atoms with E-state index < -0.39 is 0 Å². The molecule has 0 N–H and O–H groups in total. The number of imide groups is 1. The number of carbonyl (C=O) groups excluding carboxylic acids is 4. The van der Waals surface area contributed by atoms with Crippen LogP contribution in [0.4, 0.5) is 5.69 Å². The maximum Gasteiger partial charge on any atom is 0.263 e. The molecule has 0 spiro atoms. The lowest BCUT2D eigenvalue weighted by Gasteiger charge is -2.38. The Hall–Kier alpha value is -2.90. The van der Waals surface area contributed by atoms with Gasteiger partial charge in [0.05, 0.1) is 16.8 Å². The Labute approximate surface area is 200 Å². The summed E-state index contributed by atoms with van der Waals surface area (Å²) in [7, 11) is 0. The van der Waals surface area contributed by atoms with E-state index in [-0.39, 0.29) is 29.7 Å².